The van der Waals surface area contributed by atoms with Crippen molar-refractivity contribution in [3.63, 3.8) is 0 Å². The van der Waals surface area contributed by atoms with Crippen LogP contribution in [0.5, 0.6) is 0 Å². The van der Waals surface area contributed by atoms with E-state index in [-0.39, 0.29) is 10.5 Å². The molecule has 1 heterocycles. The van der Waals surface area contributed by atoms with Crippen molar-refractivity contribution in [3.8, 4) is 0 Å². The van der Waals surface area contributed by atoms with Crippen molar-refractivity contribution in [3.05, 3.63) is 23.5 Å². The molecule has 0 amide bonds. The van der Waals surface area contributed by atoms with Gasteiger partial charge in [-0.2, -0.15) is 0 Å². The van der Waals surface area contributed by atoms with Crippen LogP contribution in [-0.4, -0.2) is 19.7 Å². The lowest BCUT2D eigenvalue weighted by atomic mass is 9.77. The first-order valence-corrected chi connectivity index (χ1v) is 9.03. The number of hydrogen-bond acceptors (Lipinski definition) is 3. The minimum Gasteiger partial charge on any atom is -0.259 e. The Kier molecular flexibility index (Phi) is 5.84. The molecule has 3 nitrogen and oxygen atoms in total. The molecule has 0 aliphatic rings. The highest BCUT2D eigenvalue weighted by Crippen LogP contribution is 2.37. The van der Waals surface area contributed by atoms with Crippen molar-refractivity contribution in [2.24, 2.45) is 0 Å². The summed E-state index contributed by atoms with van der Waals surface area (Å²) < 4.78 is 49.8. The molecule has 120 valence electrons. The van der Waals surface area contributed by atoms with E-state index in [9.17, 15) is 17.2 Å². The fraction of sp³-hybridized carbons (Fsp3) is 0.667. The molecular formula is C15H23F2NO2S. The summed E-state index contributed by atoms with van der Waals surface area (Å²) >= 11 is 0. The normalized spacial score (nSPS) is 15.2. The molecule has 1 aromatic heterocycles. The van der Waals surface area contributed by atoms with Crippen molar-refractivity contribution in [1.29, 1.82) is 0 Å². The summed E-state index contributed by atoms with van der Waals surface area (Å²) in [6.45, 7) is 5.90. The van der Waals surface area contributed by atoms with E-state index in [2.05, 4.69) is 4.98 Å². The maximum atomic E-state index is 13.3. The summed E-state index contributed by atoms with van der Waals surface area (Å²) in [5, 5.41) is 0. The number of aromatic nitrogens is 1. The van der Waals surface area contributed by atoms with Crippen LogP contribution in [0.15, 0.2) is 17.2 Å². The topological polar surface area (TPSA) is 47.0 Å². The molecule has 0 aromatic carbocycles. The van der Waals surface area contributed by atoms with Gasteiger partial charge in [0.2, 0.25) is 0 Å². The van der Waals surface area contributed by atoms with E-state index in [0.717, 1.165) is 31.6 Å². The highest BCUT2D eigenvalue weighted by molar-refractivity contribution is 7.90. The second-order valence-corrected chi connectivity index (χ2v) is 7.72. The Morgan fingerprint density at radius 3 is 2.38 bits per heavy atom. The quantitative estimate of drug-likeness (QED) is 0.753. The van der Waals surface area contributed by atoms with E-state index in [4.69, 9.17) is 0 Å². The first-order chi connectivity index (χ1) is 9.65. The van der Waals surface area contributed by atoms with Gasteiger partial charge in [-0.15, -0.1) is 0 Å². The lowest BCUT2D eigenvalue weighted by Crippen LogP contribution is -2.25. The lowest BCUT2D eigenvalue weighted by molar-refractivity contribution is 0.146. The van der Waals surface area contributed by atoms with Gasteiger partial charge in [-0.25, -0.2) is 17.2 Å². The predicted molar refractivity (Wildman–Crippen MR) is 79.5 cm³/mol. The molecule has 0 N–H and O–H groups in total. The van der Waals surface area contributed by atoms with Gasteiger partial charge in [-0.05, 0) is 18.9 Å². The van der Waals surface area contributed by atoms with Gasteiger partial charge in [-0.3, -0.25) is 4.98 Å². The van der Waals surface area contributed by atoms with Crippen molar-refractivity contribution in [2.45, 2.75) is 63.2 Å². The highest BCUT2D eigenvalue weighted by Gasteiger charge is 2.31. The summed E-state index contributed by atoms with van der Waals surface area (Å²) in [5.74, 6) is 0. The van der Waals surface area contributed by atoms with E-state index < -0.39 is 21.7 Å². The van der Waals surface area contributed by atoms with Gasteiger partial charge in [-0.1, -0.05) is 33.6 Å². The average Bonchev–Trinajstić information content (AvgIpc) is 2.43. The molecule has 1 rings (SSSR count). The van der Waals surface area contributed by atoms with Crippen LogP contribution in [0.4, 0.5) is 8.78 Å². The van der Waals surface area contributed by atoms with Crippen LogP contribution in [0.25, 0.3) is 0 Å². The highest BCUT2D eigenvalue weighted by atomic mass is 32.2. The van der Waals surface area contributed by atoms with Gasteiger partial charge < -0.3 is 0 Å². The van der Waals surface area contributed by atoms with Crippen LogP contribution in [0.1, 0.15) is 64.1 Å². The van der Waals surface area contributed by atoms with Gasteiger partial charge >= 0.3 is 0 Å². The Morgan fingerprint density at radius 1 is 1.33 bits per heavy atom. The Morgan fingerprint density at radius 2 is 1.95 bits per heavy atom. The summed E-state index contributed by atoms with van der Waals surface area (Å²) in [7, 11) is -3.54. The number of nitrogens with zero attached hydrogens (tertiary/aromatic N) is 1. The maximum absolute atomic E-state index is 13.3. The molecule has 0 spiro atoms. The molecule has 6 heteroatoms. The molecule has 21 heavy (non-hydrogen) atoms. The van der Waals surface area contributed by atoms with Gasteiger partial charge in [0.15, 0.2) is 9.84 Å². The zero-order valence-electron chi connectivity index (χ0n) is 13.0. The standard InChI is InChI=1S/C15H23F2NO2S/c1-5-7-8-15(3,6-2)13-12(14(16)17)9-11(10-18-13)21(4,19)20/h9-10,14H,5-8H2,1-4H3. The number of rotatable bonds is 7. The van der Waals surface area contributed by atoms with E-state index in [1.165, 1.54) is 6.20 Å². The third-order valence-electron chi connectivity index (χ3n) is 3.99. The summed E-state index contributed by atoms with van der Waals surface area (Å²) in [6, 6.07) is 1.07. The largest absolute Gasteiger partial charge is 0.265 e. The fourth-order valence-electron chi connectivity index (χ4n) is 2.36. The number of pyridine rings is 1. The van der Waals surface area contributed by atoms with Gasteiger partial charge in [0.25, 0.3) is 6.43 Å². The lowest BCUT2D eigenvalue weighted by Gasteiger charge is -2.30. The van der Waals surface area contributed by atoms with Crippen LogP contribution in [0, 0.1) is 0 Å². The van der Waals surface area contributed by atoms with Crippen LogP contribution in [-0.2, 0) is 15.3 Å². The van der Waals surface area contributed by atoms with Crippen LogP contribution < -0.4 is 0 Å². The first kappa shape index (κ1) is 18.0. The molecule has 1 unspecified atom stereocenters. The van der Waals surface area contributed by atoms with Crippen LogP contribution in [0.3, 0.4) is 0 Å². The Balaban J connectivity index is 3.41. The van der Waals surface area contributed by atoms with Crippen molar-refractivity contribution in [2.75, 3.05) is 6.26 Å². The second-order valence-electron chi connectivity index (χ2n) is 5.70. The number of halogens is 2. The first-order valence-electron chi connectivity index (χ1n) is 7.14. The molecule has 0 saturated heterocycles. The zero-order valence-corrected chi connectivity index (χ0v) is 13.8. The van der Waals surface area contributed by atoms with Crippen LogP contribution in [0.2, 0.25) is 0 Å². The number of hydrogen-bond donors (Lipinski definition) is 0. The Labute approximate surface area is 125 Å². The van der Waals surface area contributed by atoms with Crippen molar-refractivity contribution >= 4 is 9.84 Å². The fourth-order valence-corrected chi connectivity index (χ4v) is 2.95. The number of sulfone groups is 1. The predicted octanol–water partition coefficient (Wildman–Crippen LogP) is 4.28. The van der Waals surface area contributed by atoms with Crippen molar-refractivity contribution in [1.82, 2.24) is 4.98 Å². The van der Waals surface area contributed by atoms with Gasteiger partial charge in [0, 0.05) is 23.4 Å². The third kappa shape index (κ3) is 4.22. The average molecular weight is 319 g/mol. The Hall–Kier alpha value is -1.04. The number of alkyl halides is 2. The minimum absolute atomic E-state index is 0.157. The summed E-state index contributed by atoms with van der Waals surface area (Å²) in [5.41, 5.74) is -0.406. The van der Waals surface area contributed by atoms with Gasteiger partial charge in [0.05, 0.1) is 10.6 Å². The molecular weight excluding hydrogens is 296 g/mol. The van der Waals surface area contributed by atoms with Gasteiger partial charge in [0.1, 0.15) is 0 Å². The summed E-state index contributed by atoms with van der Waals surface area (Å²) in [6.07, 6.45) is 2.78. The smallest absolute Gasteiger partial charge is 0.259 e. The molecule has 0 fully saturated rings. The molecule has 1 atom stereocenters. The Bertz CT molecular complexity index is 587. The molecule has 0 aliphatic carbocycles. The monoisotopic (exact) mass is 319 g/mol. The second kappa shape index (κ2) is 6.81. The molecule has 1 aromatic rings. The number of unbranched alkanes of at least 4 members (excludes halogenated alkanes) is 1. The third-order valence-corrected chi connectivity index (χ3v) is 5.07. The maximum Gasteiger partial charge on any atom is 0.265 e. The van der Waals surface area contributed by atoms with Crippen molar-refractivity contribution < 1.29 is 17.2 Å². The van der Waals surface area contributed by atoms with Crippen LogP contribution >= 0.6 is 0 Å². The molecule has 0 saturated carbocycles. The van der Waals surface area contributed by atoms with E-state index in [0.29, 0.717) is 12.1 Å². The molecule has 0 aliphatic heterocycles. The van der Waals surface area contributed by atoms with E-state index in [1.54, 1.807) is 0 Å². The van der Waals surface area contributed by atoms with E-state index >= 15 is 0 Å². The molecule has 0 bridgehead atoms. The molecule has 0 radical (unpaired) electrons. The minimum atomic E-state index is -3.54. The summed E-state index contributed by atoms with van der Waals surface area (Å²) in [4.78, 5) is 3.95. The van der Waals surface area contributed by atoms with E-state index in [1.807, 2.05) is 20.8 Å². The SMILES string of the molecule is CCCCC(C)(CC)c1ncc(S(C)(=O)=O)cc1C(F)F. The zero-order chi connectivity index (χ0) is 16.3.